The van der Waals surface area contributed by atoms with E-state index < -0.39 is 0 Å². The Labute approximate surface area is 119 Å². The lowest BCUT2D eigenvalue weighted by molar-refractivity contribution is 0.863. The minimum Gasteiger partial charge on any atom is -0.330 e. The fourth-order valence-electron chi connectivity index (χ4n) is 2.48. The Morgan fingerprint density at radius 1 is 1.10 bits per heavy atom. The Morgan fingerprint density at radius 2 is 1.90 bits per heavy atom. The minimum atomic E-state index is 0.624. The van der Waals surface area contributed by atoms with E-state index in [1.807, 2.05) is 6.20 Å². The van der Waals surface area contributed by atoms with E-state index in [-0.39, 0.29) is 0 Å². The summed E-state index contributed by atoms with van der Waals surface area (Å²) in [5.74, 6) is 1.02. The molecule has 0 spiro atoms. The van der Waals surface area contributed by atoms with Gasteiger partial charge in [-0.25, -0.2) is 4.98 Å². The molecule has 0 unspecified atom stereocenters. The van der Waals surface area contributed by atoms with E-state index in [4.69, 9.17) is 5.73 Å². The molecule has 3 rings (SSSR count). The molecule has 2 N–H and O–H groups in total. The summed E-state index contributed by atoms with van der Waals surface area (Å²) in [4.78, 5) is 4.43. The molecular formula is C17H19N3. The molecule has 0 bridgehead atoms. The van der Waals surface area contributed by atoms with E-state index in [1.54, 1.807) is 0 Å². The van der Waals surface area contributed by atoms with Crippen LogP contribution >= 0.6 is 0 Å². The van der Waals surface area contributed by atoms with Crippen LogP contribution in [0.3, 0.4) is 0 Å². The third kappa shape index (κ3) is 2.32. The van der Waals surface area contributed by atoms with Crippen LogP contribution in [0.2, 0.25) is 0 Å². The lowest BCUT2D eigenvalue weighted by Crippen LogP contribution is -2.06. The Bertz CT molecular complexity index is 711. The molecule has 0 atom stereocenters. The van der Waals surface area contributed by atoms with Crippen LogP contribution in [0.5, 0.6) is 0 Å². The topological polar surface area (TPSA) is 43.3 Å². The molecule has 0 aliphatic rings. The molecule has 0 saturated heterocycles. The number of rotatable bonds is 4. The summed E-state index contributed by atoms with van der Waals surface area (Å²) in [5, 5.41) is 0. The van der Waals surface area contributed by atoms with Crippen molar-refractivity contribution in [3.63, 3.8) is 0 Å². The van der Waals surface area contributed by atoms with Gasteiger partial charge >= 0.3 is 0 Å². The molecule has 1 aromatic carbocycles. The van der Waals surface area contributed by atoms with Gasteiger partial charge in [-0.1, -0.05) is 31.2 Å². The number of nitrogens with two attached hydrogens (primary N) is 1. The second-order valence-electron chi connectivity index (χ2n) is 4.97. The summed E-state index contributed by atoms with van der Waals surface area (Å²) < 4.78 is 2.11. The first kappa shape index (κ1) is 12.9. The van der Waals surface area contributed by atoms with E-state index in [0.717, 1.165) is 24.2 Å². The van der Waals surface area contributed by atoms with Gasteiger partial charge in [0.15, 0.2) is 0 Å². The molecule has 2 aromatic heterocycles. The third-order valence-electron chi connectivity index (χ3n) is 3.67. The lowest BCUT2D eigenvalue weighted by Gasteiger charge is -2.05. The maximum absolute atomic E-state index is 5.61. The molecule has 0 saturated carbocycles. The summed E-state index contributed by atoms with van der Waals surface area (Å²) in [6, 6.07) is 13.1. The number of hydrogen-bond acceptors (Lipinski definition) is 2. The summed E-state index contributed by atoms with van der Waals surface area (Å²) in [6.07, 6.45) is 5.87. The number of imidazole rings is 1. The SMILES string of the molecule is CCc1ccc(-c2ccn3c(CCN)ncc3c2)cc1. The van der Waals surface area contributed by atoms with Crippen molar-refractivity contribution in [2.24, 2.45) is 5.73 Å². The van der Waals surface area contributed by atoms with Gasteiger partial charge in [-0.05, 0) is 41.8 Å². The number of pyridine rings is 1. The fourth-order valence-corrected chi connectivity index (χ4v) is 2.48. The number of aromatic nitrogens is 2. The number of hydrogen-bond donors (Lipinski definition) is 1. The molecule has 3 aromatic rings. The van der Waals surface area contributed by atoms with Crippen LogP contribution in [0.4, 0.5) is 0 Å². The van der Waals surface area contributed by atoms with E-state index in [0.29, 0.717) is 6.54 Å². The monoisotopic (exact) mass is 265 g/mol. The van der Waals surface area contributed by atoms with E-state index in [2.05, 4.69) is 58.9 Å². The summed E-state index contributed by atoms with van der Waals surface area (Å²) in [5.41, 5.74) is 10.6. The zero-order valence-electron chi connectivity index (χ0n) is 11.7. The molecule has 0 fully saturated rings. The Morgan fingerprint density at radius 3 is 2.60 bits per heavy atom. The number of benzene rings is 1. The van der Waals surface area contributed by atoms with Crippen LogP contribution in [-0.4, -0.2) is 15.9 Å². The van der Waals surface area contributed by atoms with E-state index in [9.17, 15) is 0 Å². The maximum atomic E-state index is 5.61. The minimum absolute atomic E-state index is 0.624. The summed E-state index contributed by atoms with van der Waals surface area (Å²) in [6.45, 7) is 2.80. The van der Waals surface area contributed by atoms with Crippen molar-refractivity contribution in [2.45, 2.75) is 19.8 Å². The standard InChI is InChI=1S/C17H19N3/c1-2-13-3-5-14(6-4-13)15-8-10-20-16(11-15)12-19-17(20)7-9-18/h3-6,8,10-12H,2,7,9,18H2,1H3. The molecule has 0 aliphatic carbocycles. The highest BCUT2D eigenvalue weighted by molar-refractivity contribution is 5.68. The second kappa shape index (κ2) is 5.47. The van der Waals surface area contributed by atoms with Crippen LogP contribution < -0.4 is 5.73 Å². The van der Waals surface area contributed by atoms with Crippen molar-refractivity contribution in [1.29, 1.82) is 0 Å². The molecule has 0 amide bonds. The molecular weight excluding hydrogens is 246 g/mol. The van der Waals surface area contributed by atoms with Crippen LogP contribution in [0.25, 0.3) is 16.6 Å². The zero-order chi connectivity index (χ0) is 13.9. The van der Waals surface area contributed by atoms with Crippen molar-refractivity contribution in [2.75, 3.05) is 6.54 Å². The first-order valence-corrected chi connectivity index (χ1v) is 7.07. The Balaban J connectivity index is 1.99. The van der Waals surface area contributed by atoms with Gasteiger partial charge in [0.25, 0.3) is 0 Å². The molecule has 3 nitrogen and oxygen atoms in total. The fraction of sp³-hybridized carbons (Fsp3) is 0.235. The lowest BCUT2D eigenvalue weighted by atomic mass is 10.0. The van der Waals surface area contributed by atoms with Crippen LogP contribution in [0.1, 0.15) is 18.3 Å². The van der Waals surface area contributed by atoms with Gasteiger partial charge in [0.1, 0.15) is 5.82 Å². The van der Waals surface area contributed by atoms with Crippen molar-refractivity contribution >= 4 is 5.52 Å². The predicted octanol–water partition coefficient (Wildman–Crippen LogP) is 3.06. The van der Waals surface area contributed by atoms with Crippen molar-refractivity contribution in [3.05, 3.63) is 60.2 Å². The smallest absolute Gasteiger partial charge is 0.114 e. The number of aryl methyl sites for hydroxylation is 1. The molecule has 3 heteroatoms. The first-order chi connectivity index (χ1) is 9.81. The second-order valence-corrected chi connectivity index (χ2v) is 4.97. The molecule has 0 radical (unpaired) electrons. The van der Waals surface area contributed by atoms with Gasteiger partial charge in [-0.3, -0.25) is 0 Å². The van der Waals surface area contributed by atoms with E-state index >= 15 is 0 Å². The van der Waals surface area contributed by atoms with Gasteiger partial charge < -0.3 is 10.1 Å². The van der Waals surface area contributed by atoms with Gasteiger partial charge in [0, 0.05) is 12.6 Å². The zero-order valence-corrected chi connectivity index (χ0v) is 11.7. The number of fused-ring (bicyclic) bond motifs is 1. The van der Waals surface area contributed by atoms with Crippen molar-refractivity contribution in [1.82, 2.24) is 9.38 Å². The highest BCUT2D eigenvalue weighted by atomic mass is 15.0. The van der Waals surface area contributed by atoms with E-state index in [1.165, 1.54) is 16.7 Å². The largest absolute Gasteiger partial charge is 0.330 e. The summed E-state index contributed by atoms with van der Waals surface area (Å²) >= 11 is 0. The van der Waals surface area contributed by atoms with Crippen molar-refractivity contribution in [3.8, 4) is 11.1 Å². The third-order valence-corrected chi connectivity index (χ3v) is 3.67. The maximum Gasteiger partial charge on any atom is 0.114 e. The van der Waals surface area contributed by atoms with Gasteiger partial charge in [0.2, 0.25) is 0 Å². The quantitative estimate of drug-likeness (QED) is 0.788. The van der Waals surface area contributed by atoms with Crippen molar-refractivity contribution < 1.29 is 0 Å². The molecule has 20 heavy (non-hydrogen) atoms. The number of nitrogens with zero attached hydrogens (tertiary/aromatic N) is 2. The summed E-state index contributed by atoms with van der Waals surface area (Å²) in [7, 11) is 0. The highest BCUT2D eigenvalue weighted by Crippen LogP contribution is 2.22. The predicted molar refractivity (Wildman–Crippen MR) is 82.8 cm³/mol. The molecule has 2 heterocycles. The first-order valence-electron chi connectivity index (χ1n) is 7.07. The molecule has 102 valence electrons. The average Bonchev–Trinajstić information content (AvgIpc) is 2.90. The Kier molecular flexibility index (Phi) is 3.52. The Hall–Kier alpha value is -2.13. The van der Waals surface area contributed by atoms with Crippen LogP contribution in [0.15, 0.2) is 48.8 Å². The normalized spacial score (nSPS) is 11.1. The van der Waals surface area contributed by atoms with Crippen LogP contribution in [-0.2, 0) is 12.8 Å². The van der Waals surface area contributed by atoms with Gasteiger partial charge in [0.05, 0.1) is 11.7 Å². The average molecular weight is 265 g/mol. The van der Waals surface area contributed by atoms with Gasteiger partial charge in [-0.15, -0.1) is 0 Å². The highest BCUT2D eigenvalue weighted by Gasteiger charge is 2.04. The molecule has 0 aliphatic heterocycles. The van der Waals surface area contributed by atoms with Crippen LogP contribution in [0, 0.1) is 0 Å². The van der Waals surface area contributed by atoms with Gasteiger partial charge in [-0.2, -0.15) is 0 Å².